The Morgan fingerprint density at radius 3 is 2.77 bits per heavy atom. The lowest BCUT2D eigenvalue weighted by Crippen LogP contribution is -2.50. The molecule has 0 saturated carbocycles. The maximum Gasteiger partial charge on any atom is 0.220 e. The highest BCUT2D eigenvalue weighted by Gasteiger charge is 2.42. The molecule has 2 atom stereocenters. The summed E-state index contributed by atoms with van der Waals surface area (Å²) in [5, 5.41) is 7.01. The second-order valence-corrected chi connectivity index (χ2v) is 9.13. The molecule has 2 aliphatic rings. The summed E-state index contributed by atoms with van der Waals surface area (Å²) in [4.78, 5) is 14.4. The maximum absolute atomic E-state index is 12.1. The zero-order valence-corrected chi connectivity index (χ0v) is 14.2. The molecule has 0 bridgehead atoms. The van der Waals surface area contributed by atoms with Crippen LogP contribution in [-0.2, 0) is 21.1 Å². The molecule has 5 nitrogen and oxygen atoms in total. The molecule has 3 heterocycles. The van der Waals surface area contributed by atoms with Crippen LogP contribution in [0.4, 0.5) is 0 Å². The van der Waals surface area contributed by atoms with Crippen LogP contribution in [0.25, 0.3) is 0 Å². The fourth-order valence-corrected chi connectivity index (χ4v) is 6.03. The standard InChI is InChI=1S/C15H22N2O3S2/c18-15(4-3-12-5-8-21-9-12)16-13-10-22(19,20)11-14(13)17-6-1-2-7-17/h5,8-9,13-14H,1-4,6-7,10-11H2,(H,16,18)/t13-,14-/m1/s1. The molecule has 1 N–H and O–H groups in total. The van der Waals surface area contributed by atoms with Crippen molar-refractivity contribution in [3.63, 3.8) is 0 Å². The van der Waals surface area contributed by atoms with Crippen molar-refractivity contribution in [2.75, 3.05) is 24.6 Å². The number of aryl methyl sites for hydroxylation is 1. The number of nitrogens with one attached hydrogen (secondary N) is 1. The number of amides is 1. The van der Waals surface area contributed by atoms with Crippen molar-refractivity contribution in [2.45, 2.75) is 37.8 Å². The summed E-state index contributed by atoms with van der Waals surface area (Å²) in [6.45, 7) is 1.89. The SMILES string of the molecule is O=C(CCc1ccsc1)N[C@@H]1CS(=O)(=O)C[C@H]1N1CCCC1. The smallest absolute Gasteiger partial charge is 0.220 e. The summed E-state index contributed by atoms with van der Waals surface area (Å²) in [6, 6.07) is 1.72. The molecule has 0 unspecified atom stereocenters. The Morgan fingerprint density at radius 2 is 2.09 bits per heavy atom. The van der Waals surface area contributed by atoms with Crippen LogP contribution in [0, 0.1) is 0 Å². The topological polar surface area (TPSA) is 66.5 Å². The van der Waals surface area contributed by atoms with Gasteiger partial charge in [0.2, 0.25) is 5.91 Å². The van der Waals surface area contributed by atoms with E-state index in [-0.39, 0.29) is 29.5 Å². The zero-order valence-electron chi connectivity index (χ0n) is 12.5. The molecular formula is C15H22N2O3S2. The molecule has 2 fully saturated rings. The third kappa shape index (κ3) is 3.88. The van der Waals surface area contributed by atoms with Gasteiger partial charge in [0.1, 0.15) is 0 Å². The van der Waals surface area contributed by atoms with Crippen molar-refractivity contribution in [3.05, 3.63) is 22.4 Å². The van der Waals surface area contributed by atoms with Gasteiger partial charge < -0.3 is 5.32 Å². The van der Waals surface area contributed by atoms with Crippen LogP contribution >= 0.6 is 11.3 Å². The summed E-state index contributed by atoms with van der Waals surface area (Å²) in [7, 11) is -3.04. The lowest BCUT2D eigenvalue weighted by molar-refractivity contribution is -0.121. The van der Waals surface area contributed by atoms with E-state index in [1.54, 1.807) is 11.3 Å². The van der Waals surface area contributed by atoms with E-state index in [1.807, 2.05) is 16.8 Å². The van der Waals surface area contributed by atoms with Gasteiger partial charge in [-0.25, -0.2) is 8.42 Å². The lowest BCUT2D eigenvalue weighted by Gasteiger charge is -2.28. The molecular weight excluding hydrogens is 320 g/mol. The first kappa shape index (κ1) is 16.0. The summed E-state index contributed by atoms with van der Waals surface area (Å²) >= 11 is 1.62. The number of thiophene rings is 1. The van der Waals surface area contributed by atoms with E-state index in [2.05, 4.69) is 10.2 Å². The second kappa shape index (κ2) is 6.68. The monoisotopic (exact) mass is 342 g/mol. The largest absolute Gasteiger partial charge is 0.351 e. The molecule has 0 aromatic carbocycles. The first-order valence-corrected chi connectivity index (χ1v) is 10.5. The number of carbonyl (C=O) groups is 1. The van der Waals surface area contributed by atoms with E-state index in [4.69, 9.17) is 0 Å². The minimum absolute atomic E-state index is 0.0439. The van der Waals surface area contributed by atoms with E-state index in [0.717, 1.165) is 31.5 Å². The lowest BCUT2D eigenvalue weighted by atomic mass is 10.1. The van der Waals surface area contributed by atoms with Crippen LogP contribution in [0.15, 0.2) is 16.8 Å². The van der Waals surface area contributed by atoms with Crippen molar-refractivity contribution in [2.24, 2.45) is 0 Å². The van der Waals surface area contributed by atoms with Crippen molar-refractivity contribution < 1.29 is 13.2 Å². The molecule has 0 spiro atoms. The van der Waals surface area contributed by atoms with Crippen LogP contribution in [0.1, 0.15) is 24.8 Å². The fourth-order valence-electron chi connectivity index (χ4n) is 3.37. The van der Waals surface area contributed by atoms with Gasteiger partial charge in [0, 0.05) is 12.5 Å². The Balaban J connectivity index is 1.57. The molecule has 2 saturated heterocycles. The van der Waals surface area contributed by atoms with Crippen molar-refractivity contribution >= 4 is 27.1 Å². The average Bonchev–Trinajstić information content (AvgIpc) is 3.17. The van der Waals surface area contributed by atoms with Gasteiger partial charge in [0.25, 0.3) is 0 Å². The normalized spacial score (nSPS) is 28.0. The number of hydrogen-bond acceptors (Lipinski definition) is 5. The first-order valence-electron chi connectivity index (χ1n) is 7.78. The molecule has 122 valence electrons. The van der Waals surface area contributed by atoms with Gasteiger partial charge >= 0.3 is 0 Å². The average molecular weight is 342 g/mol. The van der Waals surface area contributed by atoms with E-state index >= 15 is 0 Å². The maximum atomic E-state index is 12.1. The number of hydrogen-bond donors (Lipinski definition) is 1. The highest BCUT2D eigenvalue weighted by molar-refractivity contribution is 7.91. The van der Waals surface area contributed by atoms with Gasteiger partial charge in [0.05, 0.1) is 17.5 Å². The molecule has 1 aromatic rings. The molecule has 7 heteroatoms. The van der Waals surface area contributed by atoms with Crippen LogP contribution in [-0.4, -0.2) is 55.9 Å². The Kier molecular flexibility index (Phi) is 4.84. The third-order valence-corrected chi connectivity index (χ3v) is 6.95. The fraction of sp³-hybridized carbons (Fsp3) is 0.667. The Labute approximate surface area is 135 Å². The predicted molar refractivity (Wildman–Crippen MR) is 87.8 cm³/mol. The highest BCUT2D eigenvalue weighted by Crippen LogP contribution is 2.22. The van der Waals surface area contributed by atoms with E-state index in [9.17, 15) is 13.2 Å². The molecule has 0 aliphatic carbocycles. The number of rotatable bonds is 5. The summed E-state index contributed by atoms with van der Waals surface area (Å²) in [6.07, 6.45) is 3.37. The van der Waals surface area contributed by atoms with Gasteiger partial charge in [-0.3, -0.25) is 9.69 Å². The minimum Gasteiger partial charge on any atom is -0.351 e. The van der Waals surface area contributed by atoms with E-state index in [0.29, 0.717) is 12.8 Å². The molecule has 3 rings (SSSR count). The van der Waals surface area contributed by atoms with Gasteiger partial charge in [0.15, 0.2) is 9.84 Å². The number of likely N-dealkylation sites (tertiary alicyclic amines) is 1. The first-order chi connectivity index (χ1) is 10.5. The van der Waals surface area contributed by atoms with Gasteiger partial charge in [-0.05, 0) is 54.7 Å². The minimum atomic E-state index is -3.04. The van der Waals surface area contributed by atoms with Crippen LogP contribution in [0.2, 0.25) is 0 Å². The number of sulfone groups is 1. The summed E-state index contributed by atoms with van der Waals surface area (Å²) < 4.78 is 23.9. The second-order valence-electron chi connectivity index (χ2n) is 6.19. The summed E-state index contributed by atoms with van der Waals surface area (Å²) in [5.74, 6) is 0.221. The van der Waals surface area contributed by atoms with Crippen molar-refractivity contribution in [1.29, 1.82) is 0 Å². The summed E-state index contributed by atoms with van der Waals surface area (Å²) in [5.41, 5.74) is 1.16. The highest BCUT2D eigenvalue weighted by atomic mass is 32.2. The quantitative estimate of drug-likeness (QED) is 0.869. The Hall–Kier alpha value is -0.920. The third-order valence-electron chi connectivity index (χ3n) is 4.50. The number of carbonyl (C=O) groups excluding carboxylic acids is 1. The molecule has 1 aromatic heterocycles. The Bertz CT molecular complexity index is 607. The van der Waals surface area contributed by atoms with Crippen LogP contribution in [0.5, 0.6) is 0 Å². The van der Waals surface area contributed by atoms with Gasteiger partial charge in [-0.15, -0.1) is 0 Å². The Morgan fingerprint density at radius 1 is 1.32 bits per heavy atom. The van der Waals surface area contributed by atoms with E-state index in [1.165, 1.54) is 0 Å². The molecule has 22 heavy (non-hydrogen) atoms. The molecule has 2 aliphatic heterocycles. The predicted octanol–water partition coefficient (Wildman–Crippen LogP) is 1.06. The van der Waals surface area contributed by atoms with Gasteiger partial charge in [-0.1, -0.05) is 0 Å². The zero-order chi connectivity index (χ0) is 15.6. The van der Waals surface area contributed by atoms with E-state index < -0.39 is 9.84 Å². The molecule has 1 amide bonds. The van der Waals surface area contributed by atoms with Crippen LogP contribution < -0.4 is 5.32 Å². The van der Waals surface area contributed by atoms with Crippen LogP contribution in [0.3, 0.4) is 0 Å². The van der Waals surface area contributed by atoms with Crippen molar-refractivity contribution in [3.8, 4) is 0 Å². The van der Waals surface area contributed by atoms with Gasteiger partial charge in [-0.2, -0.15) is 11.3 Å². The van der Waals surface area contributed by atoms with Crippen molar-refractivity contribution in [1.82, 2.24) is 10.2 Å². The number of nitrogens with zero attached hydrogens (tertiary/aromatic N) is 1. The molecule has 0 radical (unpaired) electrons.